The van der Waals surface area contributed by atoms with Gasteiger partial charge in [0.25, 0.3) is 5.56 Å². The third-order valence-electron chi connectivity index (χ3n) is 5.23. The van der Waals surface area contributed by atoms with E-state index in [1.54, 1.807) is 12.1 Å². The lowest BCUT2D eigenvalue weighted by Crippen LogP contribution is -2.13. The normalized spacial score (nSPS) is 11.4. The Hall–Kier alpha value is -3.50. The molecule has 10 heteroatoms. The number of hydrogen-bond donors (Lipinski definition) is 2. The van der Waals surface area contributed by atoms with Crippen molar-refractivity contribution in [3.05, 3.63) is 81.0 Å². The van der Waals surface area contributed by atoms with Crippen LogP contribution in [0.5, 0.6) is 0 Å². The van der Waals surface area contributed by atoms with Crippen molar-refractivity contribution in [2.75, 3.05) is 5.84 Å². The van der Waals surface area contributed by atoms with Crippen LogP contribution in [0.3, 0.4) is 0 Å². The summed E-state index contributed by atoms with van der Waals surface area (Å²) in [6.45, 7) is 4.04. The Morgan fingerprint density at radius 1 is 1.06 bits per heavy atom. The molecule has 0 radical (unpaired) electrons. The third-order valence-corrected chi connectivity index (χ3v) is 7.19. The van der Waals surface area contributed by atoms with Crippen molar-refractivity contribution in [2.24, 2.45) is 0 Å². The number of rotatable bonds is 5. The molecule has 3 aromatic heterocycles. The van der Waals surface area contributed by atoms with Gasteiger partial charge in [0, 0.05) is 16.0 Å². The van der Waals surface area contributed by atoms with Crippen LogP contribution >= 0.6 is 23.1 Å². The van der Waals surface area contributed by atoms with Gasteiger partial charge in [-0.25, -0.2) is 14.1 Å². The summed E-state index contributed by atoms with van der Waals surface area (Å²) in [5.41, 5.74) is 3.58. The largest absolute Gasteiger partial charge is 0.335 e. The van der Waals surface area contributed by atoms with Crippen molar-refractivity contribution >= 4 is 33.3 Å². The van der Waals surface area contributed by atoms with Gasteiger partial charge in [-0.15, -0.1) is 21.5 Å². The molecule has 3 N–H and O–H groups in total. The second-order valence-corrected chi connectivity index (χ2v) is 9.71. The zero-order valence-electron chi connectivity index (χ0n) is 17.8. The SMILES string of the molecule is Cc1ccc(-c2c(C)sc3nc(CSc4nnc(-c5ccc(F)cc5)n4N)[nH]c(=O)c23)cc1. The molecule has 3 heterocycles. The molecule has 0 bridgehead atoms. The van der Waals surface area contributed by atoms with Crippen molar-refractivity contribution in [3.63, 3.8) is 0 Å². The van der Waals surface area contributed by atoms with E-state index in [9.17, 15) is 9.18 Å². The molecule has 166 valence electrons. The Morgan fingerprint density at radius 2 is 1.76 bits per heavy atom. The summed E-state index contributed by atoms with van der Waals surface area (Å²) in [5, 5.41) is 9.29. The highest BCUT2D eigenvalue weighted by atomic mass is 32.2. The maximum Gasteiger partial charge on any atom is 0.260 e. The highest BCUT2D eigenvalue weighted by Gasteiger charge is 2.18. The van der Waals surface area contributed by atoms with E-state index >= 15 is 0 Å². The quantitative estimate of drug-likeness (QED) is 0.281. The number of aromatic amines is 1. The fourth-order valence-electron chi connectivity index (χ4n) is 3.60. The van der Waals surface area contributed by atoms with Crippen LogP contribution < -0.4 is 11.4 Å². The summed E-state index contributed by atoms with van der Waals surface area (Å²) in [5.74, 6) is 7.12. The second-order valence-electron chi connectivity index (χ2n) is 7.56. The van der Waals surface area contributed by atoms with E-state index < -0.39 is 0 Å². The fourth-order valence-corrected chi connectivity index (χ4v) is 5.40. The predicted molar refractivity (Wildman–Crippen MR) is 130 cm³/mol. The molecule has 7 nitrogen and oxygen atoms in total. The molecule has 33 heavy (non-hydrogen) atoms. The van der Waals surface area contributed by atoms with E-state index in [1.165, 1.54) is 39.9 Å². The van der Waals surface area contributed by atoms with Crippen LogP contribution in [0.15, 0.2) is 58.5 Å². The Kier molecular flexibility index (Phi) is 5.47. The Labute approximate surface area is 196 Å². The molecule has 0 saturated carbocycles. The standard InChI is InChI=1S/C23H19FN6OS2/c1-12-3-5-14(6-4-12)18-13(2)33-22-19(18)21(31)26-17(27-22)11-32-23-29-28-20(30(23)25)15-7-9-16(24)10-8-15/h3-10H,11,25H2,1-2H3,(H,26,27,31). The summed E-state index contributed by atoms with van der Waals surface area (Å²) in [4.78, 5) is 22.3. The number of nitrogen functional groups attached to an aromatic ring is 1. The van der Waals surface area contributed by atoms with E-state index in [0.29, 0.717) is 38.3 Å². The van der Waals surface area contributed by atoms with E-state index in [4.69, 9.17) is 5.84 Å². The average molecular weight is 479 g/mol. The van der Waals surface area contributed by atoms with Crippen LogP contribution in [0, 0.1) is 19.7 Å². The maximum atomic E-state index is 13.2. The van der Waals surface area contributed by atoms with Gasteiger partial charge in [0.2, 0.25) is 5.16 Å². The molecule has 5 rings (SSSR count). The van der Waals surface area contributed by atoms with Crippen molar-refractivity contribution < 1.29 is 4.39 Å². The van der Waals surface area contributed by atoms with Crippen molar-refractivity contribution in [1.29, 1.82) is 0 Å². The highest BCUT2D eigenvalue weighted by molar-refractivity contribution is 7.98. The smallest absolute Gasteiger partial charge is 0.260 e. The van der Waals surface area contributed by atoms with Crippen molar-refractivity contribution in [1.82, 2.24) is 24.8 Å². The first-order chi connectivity index (χ1) is 15.9. The topological polar surface area (TPSA) is 102 Å². The Bertz CT molecular complexity index is 1520. The summed E-state index contributed by atoms with van der Waals surface area (Å²) in [7, 11) is 0. The Balaban J connectivity index is 1.42. The summed E-state index contributed by atoms with van der Waals surface area (Å²) >= 11 is 2.81. The lowest BCUT2D eigenvalue weighted by atomic mass is 10.0. The van der Waals surface area contributed by atoms with Gasteiger partial charge >= 0.3 is 0 Å². The summed E-state index contributed by atoms with van der Waals surface area (Å²) in [6, 6.07) is 14.0. The predicted octanol–water partition coefficient (Wildman–Crippen LogP) is 4.67. The number of fused-ring (bicyclic) bond motifs is 1. The maximum absolute atomic E-state index is 13.2. The number of thiophene rings is 1. The van der Waals surface area contributed by atoms with Crippen LogP contribution in [-0.4, -0.2) is 24.8 Å². The van der Waals surface area contributed by atoms with Crippen molar-refractivity contribution in [3.8, 4) is 22.5 Å². The van der Waals surface area contributed by atoms with Crippen molar-refractivity contribution in [2.45, 2.75) is 24.8 Å². The zero-order chi connectivity index (χ0) is 23.1. The molecule has 5 aromatic rings. The monoisotopic (exact) mass is 478 g/mol. The van der Waals surface area contributed by atoms with Gasteiger partial charge < -0.3 is 10.8 Å². The van der Waals surface area contributed by atoms with Gasteiger partial charge in [-0.1, -0.05) is 41.6 Å². The second kappa shape index (κ2) is 8.45. The number of nitrogens with one attached hydrogen (secondary N) is 1. The first-order valence-electron chi connectivity index (χ1n) is 10.1. The van der Waals surface area contributed by atoms with E-state index in [0.717, 1.165) is 21.6 Å². The molecular formula is C23H19FN6OS2. The van der Waals surface area contributed by atoms with Gasteiger partial charge in [0.1, 0.15) is 16.5 Å². The fraction of sp³-hybridized carbons (Fsp3) is 0.130. The number of hydrogen-bond acceptors (Lipinski definition) is 7. The lowest BCUT2D eigenvalue weighted by molar-refractivity contribution is 0.628. The van der Waals surface area contributed by atoms with Gasteiger partial charge in [0.05, 0.1) is 11.1 Å². The molecule has 0 atom stereocenters. The first kappa shape index (κ1) is 21.4. The van der Waals surface area contributed by atoms with E-state index in [1.807, 2.05) is 38.1 Å². The molecule has 0 spiro atoms. The van der Waals surface area contributed by atoms with Crippen LogP contribution in [0.4, 0.5) is 4.39 Å². The van der Waals surface area contributed by atoms with E-state index in [2.05, 4.69) is 20.2 Å². The molecule has 0 unspecified atom stereocenters. The average Bonchev–Trinajstić information content (AvgIpc) is 3.33. The third kappa shape index (κ3) is 4.03. The molecule has 0 aliphatic carbocycles. The number of aryl methyl sites for hydroxylation is 2. The van der Waals surface area contributed by atoms with Gasteiger partial charge in [-0.05, 0) is 43.7 Å². The minimum atomic E-state index is -0.337. The molecule has 0 fully saturated rings. The van der Waals surface area contributed by atoms with Gasteiger partial charge in [-0.2, -0.15) is 0 Å². The summed E-state index contributed by atoms with van der Waals surface area (Å²) in [6.07, 6.45) is 0. The highest BCUT2D eigenvalue weighted by Crippen LogP contribution is 2.36. The molecule has 0 saturated heterocycles. The number of thioether (sulfide) groups is 1. The number of benzene rings is 2. The van der Waals surface area contributed by atoms with Gasteiger partial charge in [0.15, 0.2) is 5.82 Å². The van der Waals surface area contributed by atoms with Crippen LogP contribution in [0.25, 0.3) is 32.7 Å². The Morgan fingerprint density at radius 3 is 2.48 bits per heavy atom. The van der Waals surface area contributed by atoms with Crippen LogP contribution in [0.1, 0.15) is 16.3 Å². The molecular weight excluding hydrogens is 459 g/mol. The molecule has 0 aliphatic heterocycles. The number of halogens is 1. The minimum absolute atomic E-state index is 0.170. The first-order valence-corrected chi connectivity index (χ1v) is 11.9. The lowest BCUT2D eigenvalue weighted by Gasteiger charge is -2.05. The van der Waals surface area contributed by atoms with Crippen LogP contribution in [0.2, 0.25) is 0 Å². The molecule has 2 aromatic carbocycles. The van der Waals surface area contributed by atoms with E-state index in [-0.39, 0.29) is 11.4 Å². The number of nitrogens with two attached hydrogens (primary N) is 1. The minimum Gasteiger partial charge on any atom is -0.335 e. The number of aromatic nitrogens is 5. The number of nitrogens with zero attached hydrogens (tertiary/aromatic N) is 4. The molecule has 0 amide bonds. The summed E-state index contributed by atoms with van der Waals surface area (Å²) < 4.78 is 14.5. The zero-order valence-corrected chi connectivity index (χ0v) is 19.4. The molecule has 0 aliphatic rings. The number of H-pyrrole nitrogens is 1. The van der Waals surface area contributed by atoms with Crippen LogP contribution in [-0.2, 0) is 5.75 Å². The van der Waals surface area contributed by atoms with Gasteiger partial charge in [-0.3, -0.25) is 4.79 Å².